The minimum absolute atomic E-state index is 0.312. The molecule has 3 nitrogen and oxygen atoms in total. The van der Waals surface area contributed by atoms with E-state index >= 15 is 0 Å². The van der Waals surface area contributed by atoms with E-state index < -0.39 is 5.60 Å². The molecule has 0 bridgehead atoms. The second-order valence-corrected chi connectivity index (χ2v) is 5.08. The molecule has 0 aliphatic carbocycles. The maximum absolute atomic E-state index is 11.3. The van der Waals surface area contributed by atoms with Crippen LogP contribution in [0.25, 0.3) is 0 Å². The maximum Gasteiger partial charge on any atom is 0.129 e. The summed E-state index contributed by atoms with van der Waals surface area (Å²) in [6.07, 6.45) is 0.356. The molecule has 1 atom stereocenters. The van der Waals surface area contributed by atoms with Crippen LogP contribution in [0, 0.1) is 0 Å². The van der Waals surface area contributed by atoms with Gasteiger partial charge in [-0.25, -0.2) is 0 Å². The molecule has 0 aliphatic rings. The van der Waals surface area contributed by atoms with Crippen molar-refractivity contribution in [3.63, 3.8) is 0 Å². The predicted octanol–water partition coefficient (Wildman–Crippen LogP) is 3.57. The van der Waals surface area contributed by atoms with Gasteiger partial charge in [-0.05, 0) is 24.1 Å². The molecule has 0 fully saturated rings. The van der Waals surface area contributed by atoms with E-state index in [-0.39, 0.29) is 0 Å². The lowest BCUT2D eigenvalue weighted by Gasteiger charge is -2.31. The van der Waals surface area contributed by atoms with E-state index in [9.17, 15) is 5.11 Å². The third-order valence-corrected chi connectivity index (χ3v) is 3.74. The number of hydrogen-bond acceptors (Lipinski definition) is 3. The average molecular weight is 307 g/mol. The number of hydrogen-bond donors (Lipinski definition) is 1. The van der Waals surface area contributed by atoms with Gasteiger partial charge < -0.3 is 14.6 Å². The lowest BCUT2D eigenvalue weighted by atomic mass is 9.83. The van der Waals surface area contributed by atoms with E-state index in [0.29, 0.717) is 29.4 Å². The quantitative estimate of drug-likeness (QED) is 0.829. The first-order valence-electron chi connectivity index (χ1n) is 6.72. The van der Waals surface area contributed by atoms with Crippen LogP contribution in [0.1, 0.15) is 17.5 Å². The number of rotatable bonds is 6. The number of alkyl halides is 1. The standard InChI is InChI=1S/C17H19ClO3/c1-20-14-9-6-10-15(21-2)16(14)17(19,11-12-18)13-7-4-3-5-8-13/h3-10,19H,11-12H2,1-2H3. The molecule has 2 aromatic rings. The van der Waals surface area contributed by atoms with Crippen molar-refractivity contribution in [3.8, 4) is 11.5 Å². The summed E-state index contributed by atoms with van der Waals surface area (Å²) >= 11 is 5.94. The smallest absolute Gasteiger partial charge is 0.129 e. The van der Waals surface area contributed by atoms with Crippen molar-refractivity contribution in [1.29, 1.82) is 0 Å². The van der Waals surface area contributed by atoms with Gasteiger partial charge in [0.2, 0.25) is 0 Å². The Hall–Kier alpha value is -1.71. The molecule has 0 radical (unpaired) electrons. The molecule has 0 saturated heterocycles. The van der Waals surface area contributed by atoms with Crippen LogP contribution in [0.4, 0.5) is 0 Å². The van der Waals surface area contributed by atoms with Gasteiger partial charge in [0, 0.05) is 5.88 Å². The van der Waals surface area contributed by atoms with Gasteiger partial charge in [0.05, 0.1) is 19.8 Å². The Morgan fingerprint density at radius 1 is 0.952 bits per heavy atom. The van der Waals surface area contributed by atoms with Gasteiger partial charge in [-0.1, -0.05) is 36.4 Å². The van der Waals surface area contributed by atoms with Crippen LogP contribution in [0.3, 0.4) is 0 Å². The Labute approximate surface area is 130 Å². The van der Waals surface area contributed by atoms with Crippen molar-refractivity contribution in [3.05, 3.63) is 59.7 Å². The fourth-order valence-electron chi connectivity index (χ4n) is 2.52. The fraction of sp³-hybridized carbons (Fsp3) is 0.294. The highest BCUT2D eigenvalue weighted by Crippen LogP contribution is 2.43. The molecule has 0 saturated carbocycles. The normalized spacial score (nSPS) is 13.5. The van der Waals surface area contributed by atoms with Gasteiger partial charge in [0.25, 0.3) is 0 Å². The van der Waals surface area contributed by atoms with Crippen molar-refractivity contribution in [2.75, 3.05) is 20.1 Å². The highest BCUT2D eigenvalue weighted by molar-refractivity contribution is 6.17. The minimum atomic E-state index is -1.26. The molecule has 0 aliphatic heterocycles. The fourth-order valence-corrected chi connectivity index (χ4v) is 2.80. The van der Waals surface area contributed by atoms with Gasteiger partial charge in [-0.2, -0.15) is 0 Å². The summed E-state index contributed by atoms with van der Waals surface area (Å²) in [7, 11) is 3.15. The molecular weight excluding hydrogens is 288 g/mol. The van der Waals surface area contributed by atoms with Gasteiger partial charge in [0.1, 0.15) is 17.1 Å². The maximum atomic E-state index is 11.3. The number of benzene rings is 2. The molecule has 0 amide bonds. The first-order chi connectivity index (χ1) is 10.2. The van der Waals surface area contributed by atoms with E-state index in [4.69, 9.17) is 21.1 Å². The molecule has 2 rings (SSSR count). The van der Waals surface area contributed by atoms with Crippen LogP contribution in [-0.4, -0.2) is 25.2 Å². The van der Waals surface area contributed by atoms with Crippen LogP contribution in [0.5, 0.6) is 11.5 Å². The highest BCUT2D eigenvalue weighted by atomic mass is 35.5. The first kappa shape index (κ1) is 15.7. The van der Waals surface area contributed by atoms with Crippen LogP contribution in [-0.2, 0) is 5.60 Å². The van der Waals surface area contributed by atoms with Gasteiger partial charge in [-0.15, -0.1) is 11.6 Å². The molecule has 0 aromatic heterocycles. The zero-order chi connectivity index (χ0) is 15.3. The highest BCUT2D eigenvalue weighted by Gasteiger charge is 2.36. The summed E-state index contributed by atoms with van der Waals surface area (Å²) in [5, 5.41) is 11.3. The number of halogens is 1. The van der Waals surface area contributed by atoms with Crippen molar-refractivity contribution < 1.29 is 14.6 Å². The Morgan fingerprint density at radius 2 is 1.52 bits per heavy atom. The molecule has 4 heteroatoms. The monoisotopic (exact) mass is 306 g/mol. The van der Waals surface area contributed by atoms with E-state index in [1.807, 2.05) is 36.4 Å². The van der Waals surface area contributed by atoms with Gasteiger partial charge in [0.15, 0.2) is 0 Å². The van der Waals surface area contributed by atoms with E-state index in [2.05, 4.69) is 0 Å². The Morgan fingerprint density at radius 3 is 2.00 bits per heavy atom. The first-order valence-corrected chi connectivity index (χ1v) is 7.26. The average Bonchev–Trinajstić information content (AvgIpc) is 2.55. The summed E-state index contributed by atoms with van der Waals surface area (Å²) in [5.41, 5.74) is 0.0938. The molecule has 1 unspecified atom stereocenters. The number of ether oxygens (including phenoxy) is 2. The largest absolute Gasteiger partial charge is 0.496 e. The van der Waals surface area contributed by atoms with E-state index in [1.54, 1.807) is 26.4 Å². The van der Waals surface area contributed by atoms with E-state index in [0.717, 1.165) is 5.56 Å². The third kappa shape index (κ3) is 2.99. The summed E-state index contributed by atoms with van der Waals surface area (Å²) in [6, 6.07) is 14.9. The number of methoxy groups -OCH3 is 2. The van der Waals surface area contributed by atoms with Crippen molar-refractivity contribution in [1.82, 2.24) is 0 Å². The Balaban J connectivity index is 2.68. The summed E-state index contributed by atoms with van der Waals surface area (Å²) in [6.45, 7) is 0. The SMILES string of the molecule is COc1cccc(OC)c1C(O)(CCCl)c1ccccc1. The topological polar surface area (TPSA) is 38.7 Å². The predicted molar refractivity (Wildman–Crippen MR) is 84.3 cm³/mol. The summed E-state index contributed by atoms with van der Waals surface area (Å²) in [5.74, 6) is 1.46. The van der Waals surface area contributed by atoms with Crippen molar-refractivity contribution in [2.45, 2.75) is 12.0 Å². The Kier molecular flexibility index (Phi) is 5.10. The second kappa shape index (κ2) is 6.83. The molecule has 112 valence electrons. The molecule has 21 heavy (non-hydrogen) atoms. The number of aliphatic hydroxyl groups is 1. The minimum Gasteiger partial charge on any atom is -0.496 e. The third-order valence-electron chi connectivity index (χ3n) is 3.55. The molecule has 0 heterocycles. The molecule has 0 spiro atoms. The van der Waals surface area contributed by atoms with Gasteiger partial charge in [-0.3, -0.25) is 0 Å². The zero-order valence-electron chi connectivity index (χ0n) is 12.2. The van der Waals surface area contributed by atoms with Crippen LogP contribution in [0.15, 0.2) is 48.5 Å². The van der Waals surface area contributed by atoms with E-state index in [1.165, 1.54) is 0 Å². The molecular formula is C17H19ClO3. The zero-order valence-corrected chi connectivity index (χ0v) is 12.9. The Bertz CT molecular complexity index is 564. The van der Waals surface area contributed by atoms with Crippen LogP contribution >= 0.6 is 11.6 Å². The van der Waals surface area contributed by atoms with Crippen molar-refractivity contribution >= 4 is 11.6 Å². The molecule has 2 aromatic carbocycles. The second-order valence-electron chi connectivity index (χ2n) is 4.70. The summed E-state index contributed by atoms with van der Waals surface area (Å²) in [4.78, 5) is 0. The molecule has 1 N–H and O–H groups in total. The summed E-state index contributed by atoms with van der Waals surface area (Å²) < 4.78 is 10.8. The van der Waals surface area contributed by atoms with Crippen LogP contribution < -0.4 is 9.47 Å². The van der Waals surface area contributed by atoms with Gasteiger partial charge >= 0.3 is 0 Å². The van der Waals surface area contributed by atoms with Crippen molar-refractivity contribution in [2.24, 2.45) is 0 Å². The van der Waals surface area contributed by atoms with Crippen LogP contribution in [0.2, 0.25) is 0 Å². The lowest BCUT2D eigenvalue weighted by molar-refractivity contribution is 0.0716. The lowest BCUT2D eigenvalue weighted by Crippen LogP contribution is -2.29.